The highest BCUT2D eigenvalue weighted by Crippen LogP contribution is 2.15. The topological polar surface area (TPSA) is 93.7 Å². The molecule has 0 fully saturated rings. The van der Waals surface area contributed by atoms with E-state index in [1.54, 1.807) is 39.0 Å². The Labute approximate surface area is 205 Å². The molecule has 7 heteroatoms. The number of alkyl carbamates (subject to hydrolysis) is 1. The van der Waals surface area contributed by atoms with Crippen LogP contribution in [0.1, 0.15) is 42.3 Å². The predicted molar refractivity (Wildman–Crippen MR) is 134 cm³/mol. The zero-order valence-corrected chi connectivity index (χ0v) is 20.1. The van der Waals surface area contributed by atoms with Crippen molar-refractivity contribution < 1.29 is 23.9 Å². The molecule has 0 bridgehead atoms. The van der Waals surface area contributed by atoms with E-state index in [4.69, 9.17) is 9.47 Å². The Morgan fingerprint density at radius 1 is 0.829 bits per heavy atom. The zero-order chi connectivity index (χ0) is 25.3. The summed E-state index contributed by atoms with van der Waals surface area (Å²) in [5.41, 5.74) is 1.77. The lowest BCUT2D eigenvalue weighted by atomic mass is 10.1. The minimum atomic E-state index is -0.888. The Morgan fingerprint density at radius 2 is 1.46 bits per heavy atom. The summed E-state index contributed by atoms with van der Waals surface area (Å²) < 4.78 is 10.7. The van der Waals surface area contributed by atoms with Crippen molar-refractivity contribution in [2.45, 2.75) is 45.4 Å². The number of esters is 1. The number of amides is 2. The highest BCUT2D eigenvalue weighted by atomic mass is 16.6. The normalized spacial score (nSPS) is 11.7. The molecule has 35 heavy (non-hydrogen) atoms. The fourth-order valence-corrected chi connectivity index (χ4v) is 3.27. The number of benzene rings is 3. The van der Waals surface area contributed by atoms with Crippen LogP contribution in [0.3, 0.4) is 0 Å². The summed E-state index contributed by atoms with van der Waals surface area (Å²) in [6.07, 6.45) is -0.420. The lowest BCUT2D eigenvalue weighted by Gasteiger charge is -2.23. The Morgan fingerprint density at radius 3 is 2.09 bits per heavy atom. The van der Waals surface area contributed by atoms with E-state index in [1.165, 1.54) is 6.07 Å². The number of carbonyl (C=O) groups is 3. The number of hydrogen-bond donors (Lipinski definition) is 2. The molecular formula is C28H30N2O5. The van der Waals surface area contributed by atoms with Gasteiger partial charge in [-0.05, 0) is 50.1 Å². The van der Waals surface area contributed by atoms with Gasteiger partial charge in [-0.2, -0.15) is 0 Å². The van der Waals surface area contributed by atoms with Gasteiger partial charge in [-0.15, -0.1) is 0 Å². The van der Waals surface area contributed by atoms with Crippen LogP contribution in [0, 0.1) is 0 Å². The Hall–Kier alpha value is -4.13. The number of carbonyl (C=O) groups excluding carboxylic acids is 3. The molecule has 0 aliphatic rings. The third-order valence-electron chi connectivity index (χ3n) is 4.87. The van der Waals surface area contributed by atoms with Crippen molar-refractivity contribution in [1.29, 1.82) is 0 Å². The second-order valence-corrected chi connectivity index (χ2v) is 9.02. The maximum atomic E-state index is 13.1. The third-order valence-corrected chi connectivity index (χ3v) is 4.87. The second kappa shape index (κ2) is 11.8. The summed E-state index contributed by atoms with van der Waals surface area (Å²) in [5.74, 6) is -0.938. The van der Waals surface area contributed by atoms with Crippen LogP contribution >= 0.6 is 0 Å². The van der Waals surface area contributed by atoms with E-state index in [-0.39, 0.29) is 13.0 Å². The molecule has 0 aliphatic carbocycles. The molecule has 2 amide bonds. The highest BCUT2D eigenvalue weighted by molar-refractivity contribution is 5.98. The first-order chi connectivity index (χ1) is 16.7. The number of anilines is 1. The predicted octanol–water partition coefficient (Wildman–Crippen LogP) is 5.12. The second-order valence-electron chi connectivity index (χ2n) is 9.02. The van der Waals surface area contributed by atoms with Crippen molar-refractivity contribution in [1.82, 2.24) is 5.32 Å². The first kappa shape index (κ1) is 25.5. The average Bonchev–Trinajstić information content (AvgIpc) is 2.82. The van der Waals surface area contributed by atoms with Crippen LogP contribution < -0.4 is 10.6 Å². The van der Waals surface area contributed by atoms with Crippen LogP contribution in [0.2, 0.25) is 0 Å². The number of rotatable bonds is 8. The monoisotopic (exact) mass is 474 g/mol. The Balaban J connectivity index is 1.68. The standard InChI is InChI=1S/C28H30N2O5/c1-28(2,3)35-27(33)30-24(17-20-11-6-4-7-12-20)25(31)29-23-16-10-15-22(18-23)26(32)34-19-21-13-8-5-9-14-21/h4-16,18,24H,17,19H2,1-3H3,(H,29,31)(H,30,33)/t24-/m0/s1. The summed E-state index contributed by atoms with van der Waals surface area (Å²) in [4.78, 5) is 38.0. The molecule has 2 N–H and O–H groups in total. The first-order valence-electron chi connectivity index (χ1n) is 11.3. The van der Waals surface area contributed by atoms with E-state index in [9.17, 15) is 14.4 Å². The van der Waals surface area contributed by atoms with Gasteiger partial charge in [0.25, 0.3) is 0 Å². The van der Waals surface area contributed by atoms with Gasteiger partial charge >= 0.3 is 12.1 Å². The molecule has 0 saturated carbocycles. The van der Waals surface area contributed by atoms with Crippen LogP contribution in [-0.2, 0) is 27.3 Å². The zero-order valence-electron chi connectivity index (χ0n) is 20.1. The van der Waals surface area contributed by atoms with Gasteiger partial charge in [0.05, 0.1) is 5.56 Å². The van der Waals surface area contributed by atoms with Crippen LogP contribution in [0.4, 0.5) is 10.5 Å². The third kappa shape index (κ3) is 8.62. The summed E-state index contributed by atoms with van der Waals surface area (Å²) in [5, 5.41) is 5.44. The average molecular weight is 475 g/mol. The minimum absolute atomic E-state index is 0.148. The van der Waals surface area contributed by atoms with E-state index >= 15 is 0 Å². The molecule has 7 nitrogen and oxygen atoms in total. The van der Waals surface area contributed by atoms with Crippen molar-refractivity contribution in [3.05, 3.63) is 102 Å². The number of ether oxygens (including phenoxy) is 2. The molecule has 0 aromatic heterocycles. The van der Waals surface area contributed by atoms with Gasteiger partial charge in [0, 0.05) is 12.1 Å². The van der Waals surface area contributed by atoms with Crippen molar-refractivity contribution in [3.63, 3.8) is 0 Å². The molecule has 0 spiro atoms. The molecule has 0 radical (unpaired) electrons. The van der Waals surface area contributed by atoms with Crippen molar-refractivity contribution >= 4 is 23.7 Å². The Bertz CT molecular complexity index is 1140. The number of nitrogens with one attached hydrogen (secondary N) is 2. The van der Waals surface area contributed by atoms with Gasteiger partial charge < -0.3 is 20.1 Å². The lowest BCUT2D eigenvalue weighted by molar-refractivity contribution is -0.118. The summed E-state index contributed by atoms with van der Waals surface area (Å²) in [6, 6.07) is 24.3. The molecule has 182 valence electrons. The molecule has 1 atom stereocenters. The van der Waals surface area contributed by atoms with Gasteiger partial charge in [-0.3, -0.25) is 4.79 Å². The Kier molecular flexibility index (Phi) is 8.62. The van der Waals surface area contributed by atoms with Crippen LogP contribution in [0.25, 0.3) is 0 Å². The summed E-state index contributed by atoms with van der Waals surface area (Å²) in [7, 11) is 0. The summed E-state index contributed by atoms with van der Waals surface area (Å²) in [6.45, 7) is 5.40. The molecule has 0 heterocycles. The van der Waals surface area contributed by atoms with Gasteiger partial charge in [0.2, 0.25) is 5.91 Å². The van der Waals surface area contributed by atoms with E-state index in [2.05, 4.69) is 10.6 Å². The first-order valence-corrected chi connectivity index (χ1v) is 11.3. The van der Waals surface area contributed by atoms with Crippen molar-refractivity contribution in [3.8, 4) is 0 Å². The van der Waals surface area contributed by atoms with E-state index in [0.29, 0.717) is 11.3 Å². The van der Waals surface area contributed by atoms with Crippen molar-refractivity contribution in [2.24, 2.45) is 0 Å². The van der Waals surface area contributed by atoms with E-state index in [0.717, 1.165) is 11.1 Å². The maximum absolute atomic E-state index is 13.1. The molecular weight excluding hydrogens is 444 g/mol. The fraction of sp³-hybridized carbons (Fsp3) is 0.250. The molecule has 3 aromatic carbocycles. The fourth-order valence-electron chi connectivity index (χ4n) is 3.27. The van der Waals surface area contributed by atoms with Crippen LogP contribution in [-0.4, -0.2) is 29.6 Å². The quantitative estimate of drug-likeness (QED) is 0.442. The van der Waals surface area contributed by atoms with Gasteiger partial charge in [0.1, 0.15) is 18.2 Å². The number of hydrogen-bond acceptors (Lipinski definition) is 5. The SMILES string of the molecule is CC(C)(C)OC(=O)N[C@@H](Cc1ccccc1)C(=O)Nc1cccc(C(=O)OCc2ccccc2)c1. The lowest BCUT2D eigenvalue weighted by Crippen LogP contribution is -2.47. The van der Waals surface area contributed by atoms with E-state index < -0.39 is 29.6 Å². The van der Waals surface area contributed by atoms with Crippen LogP contribution in [0.5, 0.6) is 0 Å². The van der Waals surface area contributed by atoms with Gasteiger partial charge in [-0.1, -0.05) is 66.7 Å². The van der Waals surface area contributed by atoms with Gasteiger partial charge in [-0.25, -0.2) is 9.59 Å². The smallest absolute Gasteiger partial charge is 0.408 e. The van der Waals surface area contributed by atoms with Crippen molar-refractivity contribution in [2.75, 3.05) is 5.32 Å². The molecule has 0 saturated heterocycles. The molecule has 3 rings (SSSR count). The molecule has 0 unspecified atom stereocenters. The molecule has 0 aliphatic heterocycles. The van der Waals surface area contributed by atoms with E-state index in [1.807, 2.05) is 60.7 Å². The summed E-state index contributed by atoms with van der Waals surface area (Å²) >= 11 is 0. The molecule has 3 aromatic rings. The van der Waals surface area contributed by atoms with Gasteiger partial charge in [0.15, 0.2) is 0 Å². The largest absolute Gasteiger partial charge is 0.457 e. The minimum Gasteiger partial charge on any atom is -0.457 e. The van der Waals surface area contributed by atoms with Crippen LogP contribution in [0.15, 0.2) is 84.9 Å². The maximum Gasteiger partial charge on any atom is 0.408 e. The highest BCUT2D eigenvalue weighted by Gasteiger charge is 2.25.